The van der Waals surface area contributed by atoms with Crippen LogP contribution in [0.15, 0.2) is 0 Å². The number of unbranched alkanes of at least 4 members (excludes halogenated alkanes) is 1. The van der Waals surface area contributed by atoms with Crippen LogP contribution in [-0.2, 0) is 0 Å². The Balaban J connectivity index is 1.89. The zero-order chi connectivity index (χ0) is 10.8. The smallest absolute Gasteiger partial charge is 0.00673 e. The summed E-state index contributed by atoms with van der Waals surface area (Å²) in [6.45, 7) is 3.49. The predicted octanol–water partition coefficient (Wildman–Crippen LogP) is 3.83. The standard InChI is InChI=1S/C13H27NS/c1-2-3-11-15-12-10-14-13-8-6-4-5-7-9-13/h13-14H,2-12H2,1H3. The molecule has 0 aromatic heterocycles. The van der Waals surface area contributed by atoms with Crippen LogP contribution in [-0.4, -0.2) is 24.1 Å². The number of hydrogen-bond donors (Lipinski definition) is 1. The molecule has 0 amide bonds. The molecule has 15 heavy (non-hydrogen) atoms. The zero-order valence-electron chi connectivity index (χ0n) is 10.3. The summed E-state index contributed by atoms with van der Waals surface area (Å²) in [6.07, 6.45) is 11.4. The predicted molar refractivity (Wildman–Crippen MR) is 71.7 cm³/mol. The molecule has 1 fully saturated rings. The van der Waals surface area contributed by atoms with Crippen molar-refractivity contribution in [3.63, 3.8) is 0 Å². The SMILES string of the molecule is CCCCSCCNC1CCCCCC1. The van der Waals surface area contributed by atoms with Gasteiger partial charge in [-0.1, -0.05) is 39.0 Å². The quantitative estimate of drug-likeness (QED) is 0.526. The van der Waals surface area contributed by atoms with Gasteiger partial charge in [-0.2, -0.15) is 11.8 Å². The van der Waals surface area contributed by atoms with Crippen molar-refractivity contribution < 1.29 is 0 Å². The van der Waals surface area contributed by atoms with Crippen molar-refractivity contribution in [1.29, 1.82) is 0 Å². The van der Waals surface area contributed by atoms with Crippen LogP contribution in [0.5, 0.6) is 0 Å². The second-order valence-corrected chi connectivity index (χ2v) is 5.83. The Morgan fingerprint density at radius 1 is 1.07 bits per heavy atom. The van der Waals surface area contributed by atoms with Gasteiger partial charge in [-0.25, -0.2) is 0 Å². The summed E-state index contributed by atoms with van der Waals surface area (Å²) in [5.74, 6) is 2.65. The van der Waals surface area contributed by atoms with Crippen molar-refractivity contribution in [2.75, 3.05) is 18.1 Å². The summed E-state index contributed by atoms with van der Waals surface area (Å²) in [4.78, 5) is 0. The van der Waals surface area contributed by atoms with E-state index in [1.807, 2.05) is 0 Å². The first kappa shape index (κ1) is 13.4. The van der Waals surface area contributed by atoms with E-state index in [9.17, 15) is 0 Å². The third-order valence-electron chi connectivity index (χ3n) is 3.18. The van der Waals surface area contributed by atoms with Gasteiger partial charge in [0, 0.05) is 18.3 Å². The molecule has 0 saturated heterocycles. The van der Waals surface area contributed by atoms with E-state index in [2.05, 4.69) is 24.0 Å². The summed E-state index contributed by atoms with van der Waals surface area (Å²) >= 11 is 2.11. The molecule has 0 atom stereocenters. The Morgan fingerprint density at radius 2 is 1.80 bits per heavy atom. The summed E-state index contributed by atoms with van der Waals surface area (Å²) < 4.78 is 0. The first-order valence-corrected chi connectivity index (χ1v) is 7.90. The highest BCUT2D eigenvalue weighted by molar-refractivity contribution is 7.99. The number of nitrogens with one attached hydrogen (secondary N) is 1. The largest absolute Gasteiger partial charge is 0.313 e. The maximum absolute atomic E-state index is 3.72. The molecule has 0 spiro atoms. The summed E-state index contributed by atoms with van der Waals surface area (Å²) in [5, 5.41) is 3.72. The second kappa shape index (κ2) is 9.53. The van der Waals surface area contributed by atoms with Crippen molar-refractivity contribution in [1.82, 2.24) is 5.32 Å². The second-order valence-electron chi connectivity index (χ2n) is 4.61. The van der Waals surface area contributed by atoms with Gasteiger partial charge in [-0.05, 0) is 25.0 Å². The molecule has 1 N–H and O–H groups in total. The van der Waals surface area contributed by atoms with Crippen LogP contribution in [0.1, 0.15) is 58.3 Å². The number of rotatable bonds is 7. The molecule has 1 rings (SSSR count). The lowest BCUT2D eigenvalue weighted by Gasteiger charge is -2.15. The van der Waals surface area contributed by atoms with Crippen molar-refractivity contribution >= 4 is 11.8 Å². The van der Waals surface area contributed by atoms with Gasteiger partial charge in [0.2, 0.25) is 0 Å². The van der Waals surface area contributed by atoms with E-state index in [1.54, 1.807) is 0 Å². The van der Waals surface area contributed by atoms with Crippen molar-refractivity contribution in [2.45, 2.75) is 64.3 Å². The number of thioether (sulfide) groups is 1. The third kappa shape index (κ3) is 7.24. The molecule has 0 bridgehead atoms. The van der Waals surface area contributed by atoms with E-state index < -0.39 is 0 Å². The van der Waals surface area contributed by atoms with Crippen LogP contribution in [0.3, 0.4) is 0 Å². The van der Waals surface area contributed by atoms with Crippen LogP contribution < -0.4 is 5.32 Å². The van der Waals surface area contributed by atoms with E-state index in [4.69, 9.17) is 0 Å². The lowest BCUT2D eigenvalue weighted by Crippen LogP contribution is -2.30. The molecule has 90 valence electrons. The Labute approximate surface area is 99.8 Å². The first-order valence-electron chi connectivity index (χ1n) is 6.74. The fourth-order valence-electron chi connectivity index (χ4n) is 2.17. The lowest BCUT2D eigenvalue weighted by molar-refractivity contribution is 0.474. The fraction of sp³-hybridized carbons (Fsp3) is 1.00. The van der Waals surface area contributed by atoms with Gasteiger partial charge in [0.25, 0.3) is 0 Å². The molecular weight excluding hydrogens is 202 g/mol. The van der Waals surface area contributed by atoms with Crippen molar-refractivity contribution in [3.8, 4) is 0 Å². The maximum Gasteiger partial charge on any atom is 0.00673 e. The Bertz CT molecular complexity index is 130. The van der Waals surface area contributed by atoms with Crippen LogP contribution in [0.25, 0.3) is 0 Å². The number of hydrogen-bond acceptors (Lipinski definition) is 2. The molecule has 1 aliphatic carbocycles. The highest BCUT2D eigenvalue weighted by atomic mass is 32.2. The van der Waals surface area contributed by atoms with E-state index in [0.29, 0.717) is 0 Å². The van der Waals surface area contributed by atoms with Crippen LogP contribution in [0.4, 0.5) is 0 Å². The molecule has 0 radical (unpaired) electrons. The van der Waals surface area contributed by atoms with E-state index in [-0.39, 0.29) is 0 Å². The highest BCUT2D eigenvalue weighted by Crippen LogP contribution is 2.17. The zero-order valence-corrected chi connectivity index (χ0v) is 11.1. The van der Waals surface area contributed by atoms with Crippen LogP contribution in [0.2, 0.25) is 0 Å². The molecule has 0 heterocycles. The molecule has 0 unspecified atom stereocenters. The average Bonchev–Trinajstić information content (AvgIpc) is 2.52. The summed E-state index contributed by atoms with van der Waals surface area (Å²) in [7, 11) is 0. The van der Waals surface area contributed by atoms with Crippen molar-refractivity contribution in [3.05, 3.63) is 0 Å². The molecule has 0 aromatic carbocycles. The fourth-order valence-corrected chi connectivity index (χ4v) is 3.13. The highest BCUT2D eigenvalue weighted by Gasteiger charge is 2.10. The molecule has 1 nitrogen and oxygen atoms in total. The van der Waals surface area contributed by atoms with Gasteiger partial charge < -0.3 is 5.32 Å². The van der Waals surface area contributed by atoms with E-state index in [1.165, 1.54) is 69.4 Å². The minimum atomic E-state index is 0.833. The van der Waals surface area contributed by atoms with Gasteiger partial charge >= 0.3 is 0 Å². The Hall–Kier alpha value is 0.310. The van der Waals surface area contributed by atoms with Gasteiger partial charge in [-0.3, -0.25) is 0 Å². The Kier molecular flexibility index (Phi) is 8.50. The van der Waals surface area contributed by atoms with Gasteiger partial charge in [-0.15, -0.1) is 0 Å². The monoisotopic (exact) mass is 229 g/mol. The van der Waals surface area contributed by atoms with Gasteiger partial charge in [0.1, 0.15) is 0 Å². The van der Waals surface area contributed by atoms with E-state index >= 15 is 0 Å². The normalized spacial score (nSPS) is 19.0. The molecule has 0 aliphatic heterocycles. The Morgan fingerprint density at radius 3 is 2.47 bits per heavy atom. The van der Waals surface area contributed by atoms with E-state index in [0.717, 1.165) is 6.04 Å². The molecule has 2 heteroatoms. The van der Waals surface area contributed by atoms with Gasteiger partial charge in [0.15, 0.2) is 0 Å². The summed E-state index contributed by atoms with van der Waals surface area (Å²) in [6, 6.07) is 0.833. The van der Waals surface area contributed by atoms with Gasteiger partial charge in [0.05, 0.1) is 0 Å². The third-order valence-corrected chi connectivity index (χ3v) is 4.25. The summed E-state index contributed by atoms with van der Waals surface area (Å²) in [5.41, 5.74) is 0. The average molecular weight is 229 g/mol. The van der Waals surface area contributed by atoms with Crippen molar-refractivity contribution in [2.24, 2.45) is 0 Å². The minimum absolute atomic E-state index is 0.833. The topological polar surface area (TPSA) is 12.0 Å². The van der Waals surface area contributed by atoms with Crippen LogP contribution >= 0.6 is 11.8 Å². The molecular formula is C13H27NS. The molecule has 1 aliphatic rings. The first-order chi connectivity index (χ1) is 7.43. The van der Waals surface area contributed by atoms with Crippen LogP contribution in [0, 0.1) is 0 Å². The molecule has 1 saturated carbocycles. The maximum atomic E-state index is 3.72. The minimum Gasteiger partial charge on any atom is -0.313 e. The molecule has 0 aromatic rings. The lowest BCUT2D eigenvalue weighted by atomic mass is 10.1.